The summed E-state index contributed by atoms with van der Waals surface area (Å²) in [5.41, 5.74) is 0. The summed E-state index contributed by atoms with van der Waals surface area (Å²) in [6.45, 7) is 2.33. The Morgan fingerprint density at radius 3 is 2.71 bits per heavy atom. The Morgan fingerprint density at radius 1 is 1.36 bits per heavy atom. The Bertz CT molecular complexity index is 272. The average molecular weight is 306 g/mol. The van der Waals surface area contributed by atoms with Crippen molar-refractivity contribution < 1.29 is 9.53 Å². The summed E-state index contributed by atoms with van der Waals surface area (Å²) in [5, 5.41) is 0. The summed E-state index contributed by atoms with van der Waals surface area (Å²) < 4.78 is 7.26. The van der Waals surface area contributed by atoms with Crippen LogP contribution in [0, 0.1) is 0 Å². The van der Waals surface area contributed by atoms with Crippen molar-refractivity contribution in [2.24, 2.45) is 0 Å². The van der Waals surface area contributed by atoms with Crippen LogP contribution < -0.4 is 3.61 Å². The van der Waals surface area contributed by atoms with E-state index in [9.17, 15) is 4.79 Å². The SMILES string of the molecule is CCOC(=O)CC[Te]c1ccccc1. The summed E-state index contributed by atoms with van der Waals surface area (Å²) in [4.78, 5) is 11.0. The molecule has 2 nitrogen and oxygen atoms in total. The van der Waals surface area contributed by atoms with Crippen molar-refractivity contribution in [3.63, 3.8) is 0 Å². The van der Waals surface area contributed by atoms with Crippen LogP contribution in [0.5, 0.6) is 0 Å². The molecule has 0 spiro atoms. The molecule has 0 heterocycles. The molecule has 76 valence electrons. The molecule has 0 aliphatic rings. The molecular formula is C11H14O2Te. The molecule has 0 aliphatic heterocycles. The van der Waals surface area contributed by atoms with Gasteiger partial charge in [0.2, 0.25) is 0 Å². The molecule has 1 aromatic carbocycles. The van der Waals surface area contributed by atoms with Gasteiger partial charge >= 0.3 is 94.8 Å². The van der Waals surface area contributed by atoms with E-state index in [0.29, 0.717) is 13.0 Å². The quantitative estimate of drug-likeness (QED) is 0.607. The van der Waals surface area contributed by atoms with E-state index in [1.807, 2.05) is 25.1 Å². The Labute approximate surface area is 94.7 Å². The van der Waals surface area contributed by atoms with E-state index in [1.54, 1.807) is 0 Å². The van der Waals surface area contributed by atoms with Gasteiger partial charge in [0.15, 0.2) is 0 Å². The molecule has 0 saturated carbocycles. The summed E-state index contributed by atoms with van der Waals surface area (Å²) >= 11 is -0.194. The summed E-state index contributed by atoms with van der Waals surface area (Å²) in [6.07, 6.45) is 0.574. The number of carbonyl (C=O) groups excluding carboxylic acids is 1. The number of hydrogen-bond donors (Lipinski definition) is 0. The molecule has 0 N–H and O–H groups in total. The van der Waals surface area contributed by atoms with Gasteiger partial charge in [0, 0.05) is 0 Å². The van der Waals surface area contributed by atoms with Crippen LogP contribution in [0.1, 0.15) is 13.3 Å². The molecule has 0 atom stereocenters. The predicted molar refractivity (Wildman–Crippen MR) is 57.9 cm³/mol. The zero-order valence-corrected chi connectivity index (χ0v) is 10.6. The van der Waals surface area contributed by atoms with Gasteiger partial charge in [-0.2, -0.15) is 0 Å². The summed E-state index contributed by atoms with van der Waals surface area (Å²) in [7, 11) is 0. The molecule has 0 aromatic heterocycles. The average Bonchev–Trinajstić information content (AvgIpc) is 2.20. The van der Waals surface area contributed by atoms with Gasteiger partial charge in [-0.1, -0.05) is 0 Å². The third-order valence-electron chi connectivity index (χ3n) is 1.62. The van der Waals surface area contributed by atoms with Gasteiger partial charge in [-0.25, -0.2) is 0 Å². The number of carbonyl (C=O) groups is 1. The first-order valence-electron chi connectivity index (χ1n) is 4.66. The van der Waals surface area contributed by atoms with Crippen molar-refractivity contribution in [3.05, 3.63) is 30.3 Å². The van der Waals surface area contributed by atoms with Crippen LogP contribution in [-0.2, 0) is 9.53 Å². The zero-order chi connectivity index (χ0) is 10.2. The van der Waals surface area contributed by atoms with Crippen LogP contribution in [0.4, 0.5) is 0 Å². The van der Waals surface area contributed by atoms with Crippen LogP contribution in [0.2, 0.25) is 4.47 Å². The second-order valence-electron chi connectivity index (χ2n) is 2.72. The molecule has 0 fully saturated rings. The van der Waals surface area contributed by atoms with Crippen LogP contribution in [0.3, 0.4) is 0 Å². The predicted octanol–water partition coefficient (Wildman–Crippen LogP) is 1.39. The van der Waals surface area contributed by atoms with E-state index in [4.69, 9.17) is 4.74 Å². The molecule has 0 amide bonds. The molecule has 0 saturated heterocycles. The normalized spacial score (nSPS) is 9.79. The fourth-order valence-corrected chi connectivity index (χ4v) is 3.44. The van der Waals surface area contributed by atoms with Gasteiger partial charge in [0.1, 0.15) is 0 Å². The standard InChI is InChI=1S/C11H14O2Te/c1-2-13-11(12)8-9-14-10-6-4-3-5-7-10/h3-7H,2,8-9H2,1H3. The molecule has 0 bridgehead atoms. The van der Waals surface area contributed by atoms with E-state index >= 15 is 0 Å². The first-order valence-corrected chi connectivity index (χ1v) is 7.47. The van der Waals surface area contributed by atoms with Crippen molar-refractivity contribution in [3.8, 4) is 0 Å². The number of hydrogen-bond acceptors (Lipinski definition) is 2. The first-order chi connectivity index (χ1) is 6.83. The van der Waals surface area contributed by atoms with Crippen LogP contribution in [0.25, 0.3) is 0 Å². The fourth-order valence-electron chi connectivity index (χ4n) is 1.00. The van der Waals surface area contributed by atoms with Crippen molar-refractivity contribution in [2.75, 3.05) is 6.61 Å². The number of esters is 1. The molecule has 0 radical (unpaired) electrons. The van der Waals surface area contributed by atoms with E-state index < -0.39 is 0 Å². The number of rotatable bonds is 5. The van der Waals surface area contributed by atoms with Gasteiger partial charge in [-0.15, -0.1) is 0 Å². The van der Waals surface area contributed by atoms with Crippen molar-refractivity contribution in [1.82, 2.24) is 0 Å². The van der Waals surface area contributed by atoms with Crippen molar-refractivity contribution in [1.29, 1.82) is 0 Å². The Balaban J connectivity index is 2.19. The zero-order valence-electron chi connectivity index (χ0n) is 8.23. The molecule has 1 aromatic rings. The molecule has 14 heavy (non-hydrogen) atoms. The number of benzene rings is 1. The third-order valence-corrected chi connectivity index (χ3v) is 4.52. The second-order valence-corrected chi connectivity index (χ2v) is 6.05. The van der Waals surface area contributed by atoms with E-state index in [1.165, 1.54) is 3.61 Å². The topological polar surface area (TPSA) is 26.3 Å². The molecule has 3 heteroatoms. The maximum atomic E-state index is 11.0. The van der Waals surface area contributed by atoms with Gasteiger partial charge in [0.05, 0.1) is 0 Å². The minimum atomic E-state index is -0.194. The van der Waals surface area contributed by atoms with Gasteiger partial charge < -0.3 is 0 Å². The molecule has 1 rings (SSSR count). The fraction of sp³-hybridized carbons (Fsp3) is 0.364. The van der Waals surface area contributed by atoms with Crippen molar-refractivity contribution in [2.45, 2.75) is 17.8 Å². The van der Waals surface area contributed by atoms with Gasteiger partial charge in [-0.3, -0.25) is 0 Å². The second kappa shape index (κ2) is 6.86. The molecular weight excluding hydrogens is 292 g/mol. The van der Waals surface area contributed by atoms with Crippen LogP contribution >= 0.6 is 0 Å². The molecule has 0 unspecified atom stereocenters. The van der Waals surface area contributed by atoms with Crippen LogP contribution in [0.15, 0.2) is 30.3 Å². The monoisotopic (exact) mass is 308 g/mol. The number of ether oxygens (including phenoxy) is 1. The first kappa shape index (κ1) is 11.6. The molecule has 0 aliphatic carbocycles. The van der Waals surface area contributed by atoms with Crippen LogP contribution in [-0.4, -0.2) is 33.5 Å². The van der Waals surface area contributed by atoms with E-state index in [-0.39, 0.29) is 26.9 Å². The maximum absolute atomic E-state index is 11.0. The van der Waals surface area contributed by atoms with E-state index in [2.05, 4.69) is 12.1 Å². The van der Waals surface area contributed by atoms with E-state index in [0.717, 1.165) is 4.47 Å². The Morgan fingerprint density at radius 2 is 2.07 bits per heavy atom. The Hall–Kier alpha value is -0.520. The Kier molecular flexibility index (Phi) is 5.66. The van der Waals surface area contributed by atoms with Crippen molar-refractivity contribution >= 4 is 30.5 Å². The van der Waals surface area contributed by atoms with Gasteiger partial charge in [-0.05, 0) is 0 Å². The summed E-state index contributed by atoms with van der Waals surface area (Å²) in [6, 6.07) is 10.4. The van der Waals surface area contributed by atoms with Gasteiger partial charge in [0.25, 0.3) is 0 Å². The minimum absolute atomic E-state index is 0.0615. The summed E-state index contributed by atoms with van der Waals surface area (Å²) in [5.74, 6) is -0.0615. The third kappa shape index (κ3) is 4.64.